The van der Waals surface area contributed by atoms with Crippen LogP contribution in [0, 0.1) is 11.3 Å². The first-order valence-corrected chi connectivity index (χ1v) is 8.28. The molecule has 2 aliphatic rings. The number of rotatable bonds is 4. The Balaban J connectivity index is 1.53. The number of carboxylic acids is 1. The van der Waals surface area contributed by atoms with E-state index in [-0.39, 0.29) is 11.9 Å². The van der Waals surface area contributed by atoms with Crippen molar-refractivity contribution >= 4 is 23.3 Å². The zero-order valence-corrected chi connectivity index (χ0v) is 12.7. The Hall–Kier alpha value is -1.56. The summed E-state index contributed by atoms with van der Waals surface area (Å²) in [5, 5.41) is 14.5. The minimum Gasteiger partial charge on any atom is -0.481 e. The highest BCUT2D eigenvalue weighted by Gasteiger charge is 2.55. The molecule has 0 spiro atoms. The highest BCUT2D eigenvalue weighted by atomic mass is 32.1. The standard InChI is InChI=1S/C15H20N2O3S/c18-13(19)15-6-1-3-11(15)9-17(10-15)14(20)16-7-5-12-4-2-8-21-12/h2,4,8,11H,1,3,5-7,9-10H2,(H,16,20)(H,18,19)/t11-,15+/m0/s1. The van der Waals surface area contributed by atoms with Gasteiger partial charge in [0.05, 0.1) is 5.41 Å². The lowest BCUT2D eigenvalue weighted by Gasteiger charge is -2.23. The molecule has 2 atom stereocenters. The summed E-state index contributed by atoms with van der Waals surface area (Å²) < 4.78 is 0. The van der Waals surface area contributed by atoms with Crippen molar-refractivity contribution in [1.82, 2.24) is 10.2 Å². The van der Waals surface area contributed by atoms with Crippen molar-refractivity contribution in [1.29, 1.82) is 0 Å². The van der Waals surface area contributed by atoms with Crippen molar-refractivity contribution in [2.24, 2.45) is 11.3 Å². The van der Waals surface area contributed by atoms with Crippen LogP contribution in [-0.4, -0.2) is 41.6 Å². The number of likely N-dealkylation sites (tertiary alicyclic amines) is 1. The Morgan fingerprint density at radius 3 is 3.05 bits per heavy atom. The third-order valence-corrected chi connectivity index (χ3v) is 5.75. The van der Waals surface area contributed by atoms with Crippen LogP contribution >= 0.6 is 11.3 Å². The van der Waals surface area contributed by atoms with Crippen LogP contribution in [0.15, 0.2) is 17.5 Å². The molecule has 2 heterocycles. The Morgan fingerprint density at radius 2 is 2.38 bits per heavy atom. The van der Waals surface area contributed by atoms with Crippen molar-refractivity contribution in [2.45, 2.75) is 25.7 Å². The number of hydrogen-bond donors (Lipinski definition) is 2. The van der Waals surface area contributed by atoms with Crippen LogP contribution in [0.2, 0.25) is 0 Å². The molecule has 1 saturated carbocycles. The predicted molar refractivity (Wildman–Crippen MR) is 80.4 cm³/mol. The maximum Gasteiger partial charge on any atom is 0.317 e. The van der Waals surface area contributed by atoms with Gasteiger partial charge in [0.2, 0.25) is 0 Å². The van der Waals surface area contributed by atoms with E-state index in [0.29, 0.717) is 26.1 Å². The van der Waals surface area contributed by atoms with Crippen LogP contribution in [0.5, 0.6) is 0 Å². The average Bonchev–Trinajstić information content (AvgIpc) is 3.13. The smallest absolute Gasteiger partial charge is 0.317 e. The largest absolute Gasteiger partial charge is 0.481 e. The van der Waals surface area contributed by atoms with Gasteiger partial charge >= 0.3 is 12.0 Å². The minimum atomic E-state index is -0.737. The van der Waals surface area contributed by atoms with Crippen LogP contribution in [0.25, 0.3) is 0 Å². The minimum absolute atomic E-state index is 0.123. The molecule has 6 heteroatoms. The van der Waals surface area contributed by atoms with Gasteiger partial charge in [0, 0.05) is 24.5 Å². The first-order chi connectivity index (χ1) is 10.1. The molecule has 1 saturated heterocycles. The van der Waals surface area contributed by atoms with Gasteiger partial charge in [0.15, 0.2) is 0 Å². The Bertz CT molecular complexity index is 531. The molecule has 0 aromatic carbocycles. The molecule has 0 radical (unpaired) electrons. The lowest BCUT2D eigenvalue weighted by atomic mass is 9.81. The van der Waals surface area contributed by atoms with Gasteiger partial charge in [-0.05, 0) is 36.6 Å². The number of amides is 2. The first-order valence-electron chi connectivity index (χ1n) is 7.40. The monoisotopic (exact) mass is 308 g/mol. The lowest BCUT2D eigenvalue weighted by Crippen LogP contribution is -2.42. The predicted octanol–water partition coefficient (Wildman–Crippen LogP) is 2.19. The number of thiophene rings is 1. The zero-order chi connectivity index (χ0) is 14.9. The van der Waals surface area contributed by atoms with E-state index >= 15 is 0 Å². The number of urea groups is 1. The second-order valence-corrected chi connectivity index (χ2v) is 7.02. The number of nitrogens with zero attached hydrogens (tertiary/aromatic N) is 1. The molecule has 114 valence electrons. The average molecular weight is 308 g/mol. The van der Waals surface area contributed by atoms with Gasteiger partial charge in [-0.25, -0.2) is 4.79 Å². The van der Waals surface area contributed by atoms with Gasteiger partial charge in [0.1, 0.15) is 0 Å². The van der Waals surface area contributed by atoms with Crippen molar-refractivity contribution < 1.29 is 14.7 Å². The highest BCUT2D eigenvalue weighted by molar-refractivity contribution is 7.09. The Labute approximate surface area is 128 Å². The number of nitrogens with one attached hydrogen (secondary N) is 1. The third-order valence-electron chi connectivity index (χ3n) is 4.81. The molecule has 1 aromatic rings. The fraction of sp³-hybridized carbons (Fsp3) is 0.600. The molecule has 3 rings (SSSR count). The van der Waals surface area contributed by atoms with Gasteiger partial charge < -0.3 is 15.3 Å². The van der Waals surface area contributed by atoms with Gasteiger partial charge in [0.25, 0.3) is 0 Å². The maximum absolute atomic E-state index is 12.2. The summed E-state index contributed by atoms with van der Waals surface area (Å²) in [5.41, 5.74) is -0.689. The van der Waals surface area contributed by atoms with E-state index in [0.717, 1.165) is 19.3 Å². The molecule has 0 unspecified atom stereocenters. The number of aliphatic carboxylic acids is 1. The van der Waals surface area contributed by atoms with Crippen LogP contribution in [0.3, 0.4) is 0 Å². The van der Waals surface area contributed by atoms with E-state index in [1.165, 1.54) is 4.88 Å². The van der Waals surface area contributed by atoms with Crippen molar-refractivity contribution in [3.8, 4) is 0 Å². The fourth-order valence-corrected chi connectivity index (χ4v) is 4.36. The van der Waals surface area contributed by atoms with Crippen molar-refractivity contribution in [2.75, 3.05) is 19.6 Å². The van der Waals surface area contributed by atoms with Gasteiger partial charge in [-0.1, -0.05) is 12.5 Å². The fourth-order valence-electron chi connectivity index (χ4n) is 3.65. The molecule has 1 aliphatic heterocycles. The van der Waals surface area contributed by atoms with Crippen molar-refractivity contribution in [3.05, 3.63) is 22.4 Å². The van der Waals surface area contributed by atoms with E-state index in [9.17, 15) is 14.7 Å². The molecule has 1 aromatic heterocycles. The molecule has 21 heavy (non-hydrogen) atoms. The number of fused-ring (bicyclic) bond motifs is 1. The molecule has 2 N–H and O–H groups in total. The molecule has 1 aliphatic carbocycles. The van der Waals surface area contributed by atoms with E-state index in [2.05, 4.69) is 11.4 Å². The number of carbonyl (C=O) groups excluding carboxylic acids is 1. The first kappa shape index (κ1) is 14.4. The van der Waals surface area contributed by atoms with Crippen LogP contribution < -0.4 is 5.32 Å². The summed E-state index contributed by atoms with van der Waals surface area (Å²) >= 11 is 1.68. The topological polar surface area (TPSA) is 69.6 Å². The second-order valence-electron chi connectivity index (χ2n) is 5.99. The van der Waals surface area contributed by atoms with Gasteiger partial charge in [-0.3, -0.25) is 4.79 Å². The SMILES string of the molecule is O=C(NCCc1cccs1)N1C[C@@H]2CCC[C@@]2(C(=O)O)C1. The second kappa shape index (κ2) is 5.67. The molecule has 2 amide bonds. The van der Waals surface area contributed by atoms with E-state index in [1.54, 1.807) is 16.2 Å². The highest BCUT2D eigenvalue weighted by Crippen LogP contribution is 2.48. The summed E-state index contributed by atoms with van der Waals surface area (Å²) in [6.07, 6.45) is 3.41. The summed E-state index contributed by atoms with van der Waals surface area (Å²) in [6, 6.07) is 3.93. The molecule has 5 nitrogen and oxygen atoms in total. The zero-order valence-electron chi connectivity index (χ0n) is 11.9. The quantitative estimate of drug-likeness (QED) is 0.896. The van der Waals surface area contributed by atoms with Crippen molar-refractivity contribution in [3.63, 3.8) is 0 Å². The van der Waals surface area contributed by atoms with Crippen LogP contribution in [-0.2, 0) is 11.2 Å². The Morgan fingerprint density at radius 1 is 1.52 bits per heavy atom. The van der Waals surface area contributed by atoms with Crippen LogP contribution in [0.4, 0.5) is 4.79 Å². The van der Waals surface area contributed by atoms with E-state index < -0.39 is 11.4 Å². The molecule has 0 bridgehead atoms. The van der Waals surface area contributed by atoms with Gasteiger partial charge in [-0.2, -0.15) is 0 Å². The molecular weight excluding hydrogens is 288 g/mol. The van der Waals surface area contributed by atoms with E-state index in [1.807, 2.05) is 11.4 Å². The summed E-state index contributed by atoms with van der Waals surface area (Å²) in [4.78, 5) is 26.7. The number of hydrogen-bond acceptors (Lipinski definition) is 3. The molecular formula is C15H20N2O3S. The lowest BCUT2D eigenvalue weighted by molar-refractivity contribution is -0.149. The van der Waals surface area contributed by atoms with E-state index in [4.69, 9.17) is 0 Å². The Kier molecular flexibility index (Phi) is 3.89. The van der Waals surface area contributed by atoms with Gasteiger partial charge in [-0.15, -0.1) is 11.3 Å². The number of carbonyl (C=O) groups is 2. The third kappa shape index (κ3) is 2.64. The van der Waals surface area contributed by atoms with Crippen LogP contribution in [0.1, 0.15) is 24.1 Å². The summed E-state index contributed by atoms with van der Waals surface area (Å²) in [7, 11) is 0. The summed E-state index contributed by atoms with van der Waals surface area (Å²) in [5.74, 6) is -0.614. The molecule has 2 fully saturated rings. The normalized spacial score (nSPS) is 27.6. The number of carboxylic acid groups (broad SMARTS) is 1. The summed E-state index contributed by atoms with van der Waals surface area (Å²) in [6.45, 7) is 1.54. The maximum atomic E-state index is 12.2.